The molecule has 2 aliphatic rings. The third kappa shape index (κ3) is 5.23. The first-order chi connectivity index (χ1) is 11.2. The van der Waals surface area contributed by atoms with Crippen LogP contribution in [0.15, 0.2) is 0 Å². The Morgan fingerprint density at radius 2 is 1.57 bits per heavy atom. The van der Waals surface area contributed by atoms with Crippen molar-refractivity contribution in [1.29, 1.82) is 5.26 Å². The molecule has 2 rings (SSSR count). The predicted molar refractivity (Wildman–Crippen MR) is 99.1 cm³/mol. The molecule has 132 valence electrons. The van der Waals surface area contributed by atoms with Gasteiger partial charge in [-0.3, -0.25) is 0 Å². The SMILES string of the molecule is CCCCCCC1CCC2(C#N)C[C@H](CCCCC)CC[C@@H]2C1. The maximum Gasteiger partial charge on any atom is 0.0692 e. The van der Waals surface area contributed by atoms with Gasteiger partial charge in [-0.05, 0) is 49.9 Å². The Morgan fingerprint density at radius 1 is 0.870 bits per heavy atom. The van der Waals surface area contributed by atoms with Gasteiger partial charge in [-0.2, -0.15) is 5.26 Å². The number of hydrogen-bond donors (Lipinski definition) is 0. The summed E-state index contributed by atoms with van der Waals surface area (Å²) in [4.78, 5) is 0. The summed E-state index contributed by atoms with van der Waals surface area (Å²) in [6, 6.07) is 2.84. The van der Waals surface area contributed by atoms with Gasteiger partial charge in [-0.1, -0.05) is 78.1 Å². The standard InChI is InChI=1S/C22H39N/c1-3-5-7-9-10-19-14-15-22(18-23)17-20(11-8-6-4-2)12-13-21(22)16-19/h19-21H,3-17H2,1-2H3/t19?,20-,21-,22?/m1/s1. The van der Waals surface area contributed by atoms with Crippen LogP contribution in [0.1, 0.15) is 110 Å². The van der Waals surface area contributed by atoms with Crippen molar-refractivity contribution in [3.8, 4) is 6.07 Å². The summed E-state index contributed by atoms with van der Waals surface area (Å²) in [5.41, 5.74) is 0.0645. The molecule has 0 amide bonds. The van der Waals surface area contributed by atoms with Crippen molar-refractivity contribution >= 4 is 0 Å². The Hall–Kier alpha value is -0.510. The van der Waals surface area contributed by atoms with Crippen LogP contribution in [0.2, 0.25) is 0 Å². The first-order valence-electron chi connectivity index (χ1n) is 10.6. The summed E-state index contributed by atoms with van der Waals surface area (Å²) in [6.07, 6.45) is 20.3. The van der Waals surface area contributed by atoms with Crippen molar-refractivity contribution in [3.63, 3.8) is 0 Å². The third-order valence-corrected chi connectivity index (χ3v) is 6.88. The van der Waals surface area contributed by atoms with Gasteiger partial charge in [0.25, 0.3) is 0 Å². The summed E-state index contributed by atoms with van der Waals surface area (Å²) in [7, 11) is 0. The van der Waals surface area contributed by atoms with Crippen molar-refractivity contribution in [2.75, 3.05) is 0 Å². The van der Waals surface area contributed by atoms with Crippen molar-refractivity contribution in [2.45, 2.75) is 110 Å². The van der Waals surface area contributed by atoms with Crippen LogP contribution in [0, 0.1) is 34.5 Å². The van der Waals surface area contributed by atoms with E-state index >= 15 is 0 Å². The van der Waals surface area contributed by atoms with Crippen molar-refractivity contribution in [2.24, 2.45) is 23.2 Å². The number of unbranched alkanes of at least 4 members (excludes halogenated alkanes) is 5. The lowest BCUT2D eigenvalue weighted by Crippen LogP contribution is -2.40. The highest BCUT2D eigenvalue weighted by molar-refractivity contribution is 5.08. The minimum atomic E-state index is 0.0645. The number of hydrogen-bond acceptors (Lipinski definition) is 1. The van der Waals surface area contributed by atoms with Crippen LogP contribution in [0.3, 0.4) is 0 Å². The second-order valence-corrected chi connectivity index (χ2v) is 8.60. The summed E-state index contributed by atoms with van der Waals surface area (Å²) < 4.78 is 0. The molecule has 0 radical (unpaired) electrons. The molecule has 23 heavy (non-hydrogen) atoms. The highest BCUT2D eigenvalue weighted by Crippen LogP contribution is 2.54. The number of nitriles is 1. The van der Waals surface area contributed by atoms with Gasteiger partial charge in [0, 0.05) is 0 Å². The Balaban J connectivity index is 1.81. The van der Waals surface area contributed by atoms with Crippen molar-refractivity contribution in [1.82, 2.24) is 0 Å². The van der Waals surface area contributed by atoms with Crippen LogP contribution in [0.25, 0.3) is 0 Å². The largest absolute Gasteiger partial charge is 0.198 e. The van der Waals surface area contributed by atoms with Crippen molar-refractivity contribution in [3.05, 3.63) is 0 Å². The van der Waals surface area contributed by atoms with E-state index in [1.54, 1.807) is 0 Å². The fourth-order valence-electron chi connectivity index (χ4n) is 5.37. The maximum absolute atomic E-state index is 9.95. The van der Waals surface area contributed by atoms with Gasteiger partial charge < -0.3 is 0 Å². The Morgan fingerprint density at radius 3 is 2.30 bits per heavy atom. The summed E-state index contributed by atoms with van der Waals surface area (Å²) in [5, 5.41) is 9.95. The molecule has 0 bridgehead atoms. The van der Waals surface area contributed by atoms with Crippen LogP contribution in [0.4, 0.5) is 0 Å². The first kappa shape index (κ1) is 18.8. The Labute approximate surface area is 145 Å². The fourth-order valence-corrected chi connectivity index (χ4v) is 5.37. The second kappa shape index (κ2) is 9.71. The van der Waals surface area contributed by atoms with Gasteiger partial charge in [0.1, 0.15) is 0 Å². The molecule has 4 atom stereocenters. The lowest BCUT2D eigenvalue weighted by molar-refractivity contribution is 0.0366. The maximum atomic E-state index is 9.95. The third-order valence-electron chi connectivity index (χ3n) is 6.88. The van der Waals surface area contributed by atoms with Gasteiger partial charge in [0.05, 0.1) is 11.5 Å². The second-order valence-electron chi connectivity index (χ2n) is 8.60. The van der Waals surface area contributed by atoms with E-state index in [9.17, 15) is 5.26 Å². The highest BCUT2D eigenvalue weighted by atomic mass is 14.5. The monoisotopic (exact) mass is 317 g/mol. The van der Waals surface area contributed by atoms with E-state index < -0.39 is 0 Å². The van der Waals surface area contributed by atoms with Gasteiger partial charge in [-0.25, -0.2) is 0 Å². The molecule has 2 fully saturated rings. The molecule has 0 aromatic rings. The number of rotatable bonds is 9. The Kier molecular flexibility index (Phi) is 7.94. The molecule has 0 aromatic carbocycles. The van der Waals surface area contributed by atoms with E-state index in [1.165, 1.54) is 96.3 Å². The average Bonchev–Trinajstić information content (AvgIpc) is 2.59. The summed E-state index contributed by atoms with van der Waals surface area (Å²) in [5.74, 6) is 2.49. The van der Waals surface area contributed by atoms with Crippen molar-refractivity contribution < 1.29 is 0 Å². The zero-order chi connectivity index (χ0) is 16.5. The van der Waals surface area contributed by atoms with Gasteiger partial charge in [0.2, 0.25) is 0 Å². The zero-order valence-electron chi connectivity index (χ0n) is 15.8. The van der Waals surface area contributed by atoms with E-state index in [4.69, 9.17) is 0 Å². The van der Waals surface area contributed by atoms with Crippen LogP contribution in [0.5, 0.6) is 0 Å². The van der Waals surface area contributed by atoms with Crippen LogP contribution in [-0.2, 0) is 0 Å². The molecule has 1 heteroatoms. The van der Waals surface area contributed by atoms with Gasteiger partial charge >= 0.3 is 0 Å². The minimum Gasteiger partial charge on any atom is -0.198 e. The van der Waals surface area contributed by atoms with E-state index in [0.29, 0.717) is 0 Å². The normalized spacial score (nSPS) is 33.9. The van der Waals surface area contributed by atoms with Crippen LogP contribution >= 0.6 is 0 Å². The van der Waals surface area contributed by atoms with E-state index in [-0.39, 0.29) is 5.41 Å². The zero-order valence-corrected chi connectivity index (χ0v) is 15.8. The molecule has 0 spiro atoms. The summed E-state index contributed by atoms with van der Waals surface area (Å²) in [6.45, 7) is 4.58. The molecule has 0 aromatic heterocycles. The van der Waals surface area contributed by atoms with Crippen LogP contribution < -0.4 is 0 Å². The van der Waals surface area contributed by atoms with Gasteiger partial charge in [-0.15, -0.1) is 0 Å². The molecule has 2 unspecified atom stereocenters. The quantitative estimate of drug-likeness (QED) is 0.410. The predicted octanol–water partition coefficient (Wildman–Crippen LogP) is 7.26. The Bertz CT molecular complexity index is 369. The molecule has 0 saturated heterocycles. The summed E-state index contributed by atoms with van der Waals surface area (Å²) >= 11 is 0. The van der Waals surface area contributed by atoms with E-state index in [1.807, 2.05) is 0 Å². The molecular formula is C22H39N. The first-order valence-corrected chi connectivity index (χ1v) is 10.6. The smallest absolute Gasteiger partial charge is 0.0692 e. The molecular weight excluding hydrogens is 278 g/mol. The number of nitrogens with zero attached hydrogens (tertiary/aromatic N) is 1. The molecule has 2 aliphatic carbocycles. The number of fused-ring (bicyclic) bond motifs is 1. The highest BCUT2D eigenvalue weighted by Gasteiger charge is 2.47. The topological polar surface area (TPSA) is 23.8 Å². The molecule has 0 heterocycles. The fraction of sp³-hybridized carbons (Fsp3) is 0.955. The van der Waals surface area contributed by atoms with E-state index in [2.05, 4.69) is 19.9 Å². The van der Waals surface area contributed by atoms with Crippen LogP contribution in [-0.4, -0.2) is 0 Å². The molecule has 0 N–H and O–H groups in total. The molecule has 0 aliphatic heterocycles. The minimum absolute atomic E-state index is 0.0645. The van der Waals surface area contributed by atoms with Gasteiger partial charge in [0.15, 0.2) is 0 Å². The average molecular weight is 318 g/mol. The van der Waals surface area contributed by atoms with E-state index in [0.717, 1.165) is 17.8 Å². The lowest BCUT2D eigenvalue weighted by Gasteiger charge is -2.48. The molecule has 2 saturated carbocycles. The lowest BCUT2D eigenvalue weighted by atomic mass is 9.55. The molecule has 1 nitrogen and oxygen atoms in total.